The number of fused-ring (bicyclic) bond motifs is 3. The van der Waals surface area contributed by atoms with Crippen LogP contribution in [0, 0.1) is 6.92 Å². The molecule has 45 heavy (non-hydrogen) atoms. The van der Waals surface area contributed by atoms with Crippen LogP contribution in [0.3, 0.4) is 0 Å². The lowest BCUT2D eigenvalue weighted by Crippen LogP contribution is -2.09. The number of aryl methyl sites for hydroxylation is 1. The molecule has 0 aliphatic heterocycles. The van der Waals surface area contributed by atoms with Crippen molar-refractivity contribution in [3.8, 4) is 33.4 Å². The van der Waals surface area contributed by atoms with Crippen LogP contribution >= 0.6 is 11.3 Å². The van der Waals surface area contributed by atoms with Gasteiger partial charge in [0.1, 0.15) is 0 Å². The van der Waals surface area contributed by atoms with Gasteiger partial charge in [-0.15, -0.1) is 11.3 Å². The van der Waals surface area contributed by atoms with E-state index in [-0.39, 0.29) is 0 Å². The first-order chi connectivity index (χ1) is 22.2. The number of benzene rings is 7. The Balaban J connectivity index is 1.15. The maximum atomic E-state index is 2.33. The van der Waals surface area contributed by atoms with Crippen LogP contribution in [-0.4, -0.2) is 0 Å². The van der Waals surface area contributed by atoms with E-state index in [9.17, 15) is 0 Å². The second kappa shape index (κ2) is 11.6. The van der Waals surface area contributed by atoms with Gasteiger partial charge in [0, 0.05) is 37.2 Å². The molecule has 2 heteroatoms. The Kier molecular flexibility index (Phi) is 6.98. The third-order valence-electron chi connectivity index (χ3n) is 8.56. The molecule has 7 aromatic carbocycles. The molecule has 0 aliphatic carbocycles. The average molecular weight is 594 g/mol. The second-order valence-electron chi connectivity index (χ2n) is 11.5. The van der Waals surface area contributed by atoms with E-state index in [1.807, 2.05) is 11.3 Å². The van der Waals surface area contributed by atoms with Crippen molar-refractivity contribution in [3.63, 3.8) is 0 Å². The first kappa shape index (κ1) is 27.1. The highest BCUT2D eigenvalue weighted by molar-refractivity contribution is 7.26. The molecule has 0 saturated carbocycles. The Labute approximate surface area is 268 Å². The second-order valence-corrected chi connectivity index (χ2v) is 12.5. The minimum Gasteiger partial charge on any atom is -0.311 e. The third-order valence-corrected chi connectivity index (χ3v) is 9.78. The fourth-order valence-corrected chi connectivity index (χ4v) is 7.46. The third kappa shape index (κ3) is 5.20. The normalized spacial score (nSPS) is 11.2. The molecule has 0 N–H and O–H groups in total. The van der Waals surface area contributed by atoms with Crippen LogP contribution in [0.15, 0.2) is 170 Å². The summed E-state index contributed by atoms with van der Waals surface area (Å²) < 4.78 is 2.68. The fourth-order valence-electron chi connectivity index (χ4n) is 6.22. The molecule has 1 aromatic heterocycles. The molecule has 214 valence electrons. The van der Waals surface area contributed by atoms with Gasteiger partial charge in [-0.05, 0) is 88.8 Å². The van der Waals surface area contributed by atoms with Crippen molar-refractivity contribution in [1.82, 2.24) is 0 Å². The summed E-state index contributed by atoms with van der Waals surface area (Å²) >= 11 is 1.88. The molecule has 0 radical (unpaired) electrons. The lowest BCUT2D eigenvalue weighted by Gasteiger charge is -2.26. The van der Waals surface area contributed by atoms with Crippen molar-refractivity contribution in [2.45, 2.75) is 6.92 Å². The molecule has 0 aliphatic rings. The van der Waals surface area contributed by atoms with Crippen molar-refractivity contribution in [2.24, 2.45) is 0 Å². The quantitative estimate of drug-likeness (QED) is 0.185. The molecule has 0 atom stereocenters. The summed E-state index contributed by atoms with van der Waals surface area (Å²) in [6.45, 7) is 2.13. The summed E-state index contributed by atoms with van der Waals surface area (Å²) in [6.07, 6.45) is 0. The van der Waals surface area contributed by atoms with Gasteiger partial charge < -0.3 is 4.90 Å². The molecule has 0 unspecified atom stereocenters. The molecular weight excluding hydrogens is 563 g/mol. The van der Waals surface area contributed by atoms with Crippen molar-refractivity contribution in [2.75, 3.05) is 4.90 Å². The number of thiophene rings is 1. The zero-order valence-corrected chi connectivity index (χ0v) is 25.8. The van der Waals surface area contributed by atoms with E-state index in [2.05, 4.69) is 182 Å². The zero-order valence-electron chi connectivity index (χ0n) is 25.0. The van der Waals surface area contributed by atoms with E-state index in [0.29, 0.717) is 0 Å². The van der Waals surface area contributed by atoms with Crippen LogP contribution in [0.25, 0.3) is 53.6 Å². The summed E-state index contributed by atoms with van der Waals surface area (Å²) in [6, 6.07) is 61.5. The molecule has 0 saturated heterocycles. The minimum absolute atomic E-state index is 1.13. The average Bonchev–Trinajstić information content (AvgIpc) is 3.49. The summed E-state index contributed by atoms with van der Waals surface area (Å²) in [5.74, 6) is 0. The van der Waals surface area contributed by atoms with Gasteiger partial charge in [-0.3, -0.25) is 0 Å². The molecule has 0 bridgehead atoms. The van der Waals surface area contributed by atoms with Crippen LogP contribution in [0.2, 0.25) is 0 Å². The molecule has 0 amide bonds. The summed E-state index contributed by atoms with van der Waals surface area (Å²) in [5.41, 5.74) is 12.0. The summed E-state index contributed by atoms with van der Waals surface area (Å²) in [4.78, 5) is 2.33. The van der Waals surface area contributed by atoms with Crippen LogP contribution < -0.4 is 4.90 Å². The van der Waals surface area contributed by atoms with E-state index in [4.69, 9.17) is 0 Å². The van der Waals surface area contributed by atoms with Crippen LogP contribution in [0.1, 0.15) is 5.56 Å². The maximum absolute atomic E-state index is 2.33. The standard InChI is InChI=1S/C43H31NS/c1-30-17-23-36(24-18-30)44(37-25-19-32(20-26-37)31-9-3-2-4-10-31)38-27-21-33(22-28-38)34-11-7-12-35(29-34)39-14-8-15-41-40-13-5-6-16-42(40)45-43(39)41/h2-29H,1H3. The Morgan fingerprint density at radius 2 is 0.911 bits per heavy atom. The lowest BCUT2D eigenvalue weighted by molar-refractivity contribution is 1.27. The maximum Gasteiger partial charge on any atom is 0.0462 e. The van der Waals surface area contributed by atoms with Crippen LogP contribution in [0.4, 0.5) is 17.1 Å². The highest BCUT2D eigenvalue weighted by atomic mass is 32.1. The Bertz CT molecular complexity index is 2240. The van der Waals surface area contributed by atoms with E-state index in [0.717, 1.165) is 17.1 Å². The van der Waals surface area contributed by atoms with E-state index >= 15 is 0 Å². The highest BCUT2D eigenvalue weighted by Crippen LogP contribution is 2.41. The number of hydrogen-bond donors (Lipinski definition) is 0. The molecule has 0 fully saturated rings. The molecule has 8 rings (SSSR count). The largest absolute Gasteiger partial charge is 0.311 e. The van der Waals surface area contributed by atoms with Gasteiger partial charge in [0.25, 0.3) is 0 Å². The number of nitrogens with zero attached hydrogens (tertiary/aromatic N) is 1. The molecular formula is C43H31NS. The van der Waals surface area contributed by atoms with Gasteiger partial charge in [0.05, 0.1) is 0 Å². The SMILES string of the molecule is Cc1ccc(N(c2ccc(-c3ccccc3)cc2)c2ccc(-c3cccc(-c4cccc5c4sc4ccccc45)c3)cc2)cc1. The minimum atomic E-state index is 1.13. The van der Waals surface area contributed by atoms with Crippen molar-refractivity contribution in [3.05, 3.63) is 175 Å². The first-order valence-corrected chi connectivity index (χ1v) is 16.2. The Morgan fingerprint density at radius 1 is 0.400 bits per heavy atom. The monoisotopic (exact) mass is 593 g/mol. The van der Waals surface area contributed by atoms with Crippen molar-refractivity contribution >= 4 is 48.6 Å². The van der Waals surface area contributed by atoms with Crippen molar-refractivity contribution in [1.29, 1.82) is 0 Å². The summed E-state index contributed by atoms with van der Waals surface area (Å²) in [7, 11) is 0. The first-order valence-electron chi connectivity index (χ1n) is 15.3. The Hall–Kier alpha value is -5.44. The van der Waals surface area contributed by atoms with E-state index in [1.54, 1.807) is 0 Å². The number of hydrogen-bond acceptors (Lipinski definition) is 2. The number of anilines is 3. The molecule has 8 aromatic rings. The predicted molar refractivity (Wildman–Crippen MR) is 195 cm³/mol. The topological polar surface area (TPSA) is 3.24 Å². The molecule has 1 heterocycles. The number of rotatable bonds is 6. The molecule has 1 nitrogen and oxygen atoms in total. The van der Waals surface area contributed by atoms with Gasteiger partial charge in [0.2, 0.25) is 0 Å². The van der Waals surface area contributed by atoms with Gasteiger partial charge in [-0.25, -0.2) is 0 Å². The fraction of sp³-hybridized carbons (Fsp3) is 0.0233. The van der Waals surface area contributed by atoms with Gasteiger partial charge in [0.15, 0.2) is 0 Å². The predicted octanol–water partition coefficient (Wildman–Crippen LogP) is 12.8. The van der Waals surface area contributed by atoms with Gasteiger partial charge in [-0.2, -0.15) is 0 Å². The van der Waals surface area contributed by atoms with E-state index in [1.165, 1.54) is 59.1 Å². The smallest absolute Gasteiger partial charge is 0.0462 e. The van der Waals surface area contributed by atoms with Crippen LogP contribution in [0.5, 0.6) is 0 Å². The van der Waals surface area contributed by atoms with Gasteiger partial charge >= 0.3 is 0 Å². The van der Waals surface area contributed by atoms with Crippen LogP contribution in [-0.2, 0) is 0 Å². The molecule has 0 spiro atoms. The zero-order chi connectivity index (χ0) is 30.2. The van der Waals surface area contributed by atoms with Gasteiger partial charge in [-0.1, -0.05) is 127 Å². The van der Waals surface area contributed by atoms with E-state index < -0.39 is 0 Å². The Morgan fingerprint density at radius 3 is 1.62 bits per heavy atom. The highest BCUT2D eigenvalue weighted by Gasteiger charge is 2.14. The summed E-state index contributed by atoms with van der Waals surface area (Å²) in [5, 5.41) is 2.66. The van der Waals surface area contributed by atoms with Crippen molar-refractivity contribution < 1.29 is 0 Å². The lowest BCUT2D eigenvalue weighted by atomic mass is 9.97.